The Hall–Kier alpha value is -0.965. The molecule has 0 unspecified atom stereocenters. The molecule has 5 heteroatoms. The molecule has 1 heterocycles. The van der Waals surface area contributed by atoms with Gasteiger partial charge in [0.05, 0.1) is 6.54 Å². The number of nitrogens with one attached hydrogen (secondary N) is 1. The number of halogens is 2. The van der Waals surface area contributed by atoms with Crippen molar-refractivity contribution in [2.24, 2.45) is 0 Å². The number of rotatable bonds is 3. The molecular formula is C7H9BF2N2. The van der Waals surface area contributed by atoms with Crippen LogP contribution in [-0.4, -0.2) is 19.5 Å². The van der Waals surface area contributed by atoms with Gasteiger partial charge in [-0.25, -0.2) is 0 Å². The van der Waals surface area contributed by atoms with Gasteiger partial charge in [0.1, 0.15) is 5.69 Å². The highest BCUT2D eigenvalue weighted by atomic mass is 19.3. The van der Waals surface area contributed by atoms with E-state index in [1.54, 1.807) is 12.1 Å². The number of hydrogen-bond acceptors (Lipinski definition) is 2. The molecule has 0 saturated carbocycles. The van der Waals surface area contributed by atoms with E-state index in [2.05, 4.69) is 10.2 Å². The highest BCUT2D eigenvalue weighted by Gasteiger charge is 2.31. The van der Waals surface area contributed by atoms with Gasteiger partial charge in [0.2, 0.25) is 0 Å². The molecule has 1 rings (SSSR count). The molecular weight excluding hydrogens is 161 g/mol. The number of nitrogens with zero attached hydrogens (tertiary/aromatic N) is 1. The number of hydrogen-bond donors (Lipinski definition) is 1. The maximum atomic E-state index is 13.0. The first-order chi connectivity index (χ1) is 5.67. The van der Waals surface area contributed by atoms with Gasteiger partial charge in [-0.3, -0.25) is 4.98 Å². The summed E-state index contributed by atoms with van der Waals surface area (Å²) in [5.41, 5.74) is -0.195. The van der Waals surface area contributed by atoms with Crippen molar-refractivity contribution in [3.63, 3.8) is 0 Å². The van der Waals surface area contributed by atoms with Gasteiger partial charge >= 0.3 is 5.92 Å². The van der Waals surface area contributed by atoms with Crippen LogP contribution < -0.4 is 5.23 Å². The Labute approximate surface area is 70.4 Å². The smallest absolute Gasteiger partial charge is 0.300 e. The molecule has 0 aliphatic heterocycles. The van der Waals surface area contributed by atoms with Gasteiger partial charge in [0.15, 0.2) is 7.98 Å². The van der Waals surface area contributed by atoms with Crippen molar-refractivity contribution in [1.29, 1.82) is 0 Å². The van der Waals surface area contributed by atoms with Crippen LogP contribution in [0.15, 0.2) is 24.4 Å². The van der Waals surface area contributed by atoms with Gasteiger partial charge in [0.25, 0.3) is 0 Å². The van der Waals surface area contributed by atoms with E-state index in [1.807, 2.05) is 0 Å². The summed E-state index contributed by atoms with van der Waals surface area (Å²) in [5, 5.41) is 2.42. The van der Waals surface area contributed by atoms with E-state index in [9.17, 15) is 8.78 Å². The van der Waals surface area contributed by atoms with Crippen molar-refractivity contribution < 1.29 is 8.78 Å². The fourth-order valence-electron chi connectivity index (χ4n) is 0.892. The lowest BCUT2D eigenvalue weighted by atomic mass is 10.2. The Bertz CT molecular complexity index is 240. The third-order valence-electron chi connectivity index (χ3n) is 1.44. The number of alkyl halides is 2. The molecule has 1 aromatic rings. The molecule has 0 radical (unpaired) electrons. The average Bonchev–Trinajstić information content (AvgIpc) is 2.06. The number of pyridine rings is 1. The van der Waals surface area contributed by atoms with E-state index in [1.165, 1.54) is 20.2 Å². The van der Waals surface area contributed by atoms with Crippen LogP contribution in [0.1, 0.15) is 5.69 Å². The van der Waals surface area contributed by atoms with E-state index < -0.39 is 5.92 Å². The van der Waals surface area contributed by atoms with Gasteiger partial charge in [-0.15, -0.1) is 0 Å². The lowest BCUT2D eigenvalue weighted by Crippen LogP contribution is -2.29. The Morgan fingerprint density at radius 2 is 2.25 bits per heavy atom. The summed E-state index contributed by atoms with van der Waals surface area (Å²) in [5.74, 6) is -2.88. The summed E-state index contributed by atoms with van der Waals surface area (Å²) in [4.78, 5) is 3.58. The van der Waals surface area contributed by atoms with Crippen molar-refractivity contribution >= 4 is 7.98 Å². The van der Waals surface area contributed by atoms with E-state index in [-0.39, 0.29) is 12.2 Å². The highest BCUT2D eigenvalue weighted by molar-refractivity contribution is 6.04. The quantitative estimate of drug-likeness (QED) is 0.660. The topological polar surface area (TPSA) is 24.9 Å². The van der Waals surface area contributed by atoms with Gasteiger partial charge in [0, 0.05) is 6.20 Å². The maximum absolute atomic E-state index is 13.0. The summed E-state index contributed by atoms with van der Waals surface area (Å²) in [6.07, 6.45) is 1.36. The van der Waals surface area contributed by atoms with Crippen LogP contribution in [0, 0.1) is 0 Å². The van der Waals surface area contributed by atoms with Crippen molar-refractivity contribution in [2.45, 2.75) is 5.92 Å². The van der Waals surface area contributed by atoms with Gasteiger partial charge < -0.3 is 5.23 Å². The van der Waals surface area contributed by atoms with Gasteiger partial charge in [-0.1, -0.05) is 6.07 Å². The normalized spacial score (nSPS) is 11.5. The second-order valence-electron chi connectivity index (χ2n) is 2.45. The molecule has 0 amide bonds. The van der Waals surface area contributed by atoms with Crippen LogP contribution >= 0.6 is 0 Å². The second-order valence-corrected chi connectivity index (χ2v) is 2.45. The molecule has 0 aromatic carbocycles. The first kappa shape index (κ1) is 9.13. The average molecular weight is 170 g/mol. The zero-order valence-corrected chi connectivity index (χ0v) is 6.72. The van der Waals surface area contributed by atoms with Crippen molar-refractivity contribution in [1.82, 2.24) is 10.2 Å². The van der Waals surface area contributed by atoms with E-state index in [4.69, 9.17) is 0 Å². The van der Waals surface area contributed by atoms with Crippen molar-refractivity contribution in [2.75, 3.05) is 6.54 Å². The lowest BCUT2D eigenvalue weighted by Gasteiger charge is -2.14. The Balaban J connectivity index is 2.82. The molecule has 12 heavy (non-hydrogen) atoms. The van der Waals surface area contributed by atoms with Crippen LogP contribution in [0.25, 0.3) is 0 Å². The summed E-state index contributed by atoms with van der Waals surface area (Å²) in [6, 6.07) is 4.47. The van der Waals surface area contributed by atoms with Crippen LogP contribution in [-0.2, 0) is 5.92 Å². The molecule has 0 atom stereocenters. The molecule has 1 N–H and O–H groups in total. The summed E-state index contributed by atoms with van der Waals surface area (Å²) in [6.45, 7) is -0.385. The van der Waals surface area contributed by atoms with E-state index >= 15 is 0 Å². The van der Waals surface area contributed by atoms with Crippen LogP contribution in [0.5, 0.6) is 0 Å². The predicted octanol–water partition coefficient (Wildman–Crippen LogP) is 0.311. The van der Waals surface area contributed by atoms with Crippen LogP contribution in [0.2, 0.25) is 0 Å². The molecule has 0 bridgehead atoms. The summed E-state index contributed by atoms with van der Waals surface area (Å²) < 4.78 is 26.1. The van der Waals surface area contributed by atoms with E-state index in [0.29, 0.717) is 0 Å². The zero-order valence-electron chi connectivity index (χ0n) is 6.72. The fourth-order valence-corrected chi connectivity index (χ4v) is 0.892. The molecule has 2 nitrogen and oxygen atoms in total. The second kappa shape index (κ2) is 3.62. The summed E-state index contributed by atoms with van der Waals surface area (Å²) in [7, 11) is 1.48. The first-order valence-electron chi connectivity index (χ1n) is 3.61. The van der Waals surface area contributed by atoms with Crippen LogP contribution in [0.4, 0.5) is 8.78 Å². The zero-order chi connectivity index (χ0) is 9.03. The van der Waals surface area contributed by atoms with Gasteiger partial charge in [-0.05, 0) is 12.1 Å². The minimum absolute atomic E-state index is 0.195. The maximum Gasteiger partial charge on any atom is 0.300 e. The molecule has 0 spiro atoms. The molecule has 0 saturated heterocycles. The third-order valence-corrected chi connectivity index (χ3v) is 1.44. The first-order valence-corrected chi connectivity index (χ1v) is 3.61. The standard InChI is InChI=1S/C7H9BF2N2/c8-12-5-7(9,10)6-3-1-2-4-11-6/h1-4,12H,5,8H2. The monoisotopic (exact) mass is 170 g/mol. The van der Waals surface area contributed by atoms with Gasteiger partial charge in [-0.2, -0.15) is 8.78 Å². The largest absolute Gasteiger partial charge is 0.357 e. The number of aromatic nitrogens is 1. The minimum Gasteiger partial charge on any atom is -0.357 e. The Kier molecular flexibility index (Phi) is 2.76. The van der Waals surface area contributed by atoms with Crippen LogP contribution in [0.3, 0.4) is 0 Å². The van der Waals surface area contributed by atoms with E-state index in [0.717, 1.165) is 0 Å². The molecule has 0 aliphatic carbocycles. The third kappa shape index (κ3) is 2.01. The summed E-state index contributed by atoms with van der Waals surface area (Å²) >= 11 is 0. The fraction of sp³-hybridized carbons (Fsp3) is 0.286. The minimum atomic E-state index is -2.88. The Morgan fingerprint density at radius 1 is 1.50 bits per heavy atom. The highest BCUT2D eigenvalue weighted by Crippen LogP contribution is 2.24. The lowest BCUT2D eigenvalue weighted by molar-refractivity contribution is -0.00230. The molecule has 1 aromatic heterocycles. The molecule has 64 valence electrons. The molecule has 0 fully saturated rings. The molecule has 0 aliphatic rings. The van der Waals surface area contributed by atoms with Crippen molar-refractivity contribution in [3.8, 4) is 0 Å². The predicted molar refractivity (Wildman–Crippen MR) is 44.7 cm³/mol. The Morgan fingerprint density at radius 3 is 2.75 bits per heavy atom. The SMILES string of the molecule is BNCC(F)(F)c1ccccn1. The van der Waals surface area contributed by atoms with Crippen molar-refractivity contribution in [3.05, 3.63) is 30.1 Å².